The van der Waals surface area contributed by atoms with Crippen molar-refractivity contribution in [3.05, 3.63) is 52.2 Å². The molecule has 0 aliphatic carbocycles. The van der Waals surface area contributed by atoms with E-state index in [0.717, 1.165) is 21.4 Å². The molecule has 1 aromatic carbocycles. The molecular formula is C16H17N5OS. The van der Waals surface area contributed by atoms with Crippen molar-refractivity contribution in [2.24, 2.45) is 7.05 Å². The lowest BCUT2D eigenvalue weighted by molar-refractivity contribution is 0.0954. The number of carbonyl (C=O) groups excluding carboxylic acids is 1. The predicted molar refractivity (Wildman–Crippen MR) is 89.3 cm³/mol. The SMILES string of the molecule is Cc1nnc(CCNC(=O)c2ccc(-c3nccn3C)cc2)s1. The molecule has 7 heteroatoms. The molecule has 0 aliphatic heterocycles. The van der Waals surface area contributed by atoms with Crippen molar-refractivity contribution in [1.29, 1.82) is 0 Å². The van der Waals surface area contributed by atoms with Crippen molar-refractivity contribution in [3.63, 3.8) is 0 Å². The Morgan fingerprint density at radius 3 is 2.65 bits per heavy atom. The molecular weight excluding hydrogens is 310 g/mol. The van der Waals surface area contributed by atoms with Crippen molar-refractivity contribution in [1.82, 2.24) is 25.1 Å². The summed E-state index contributed by atoms with van der Waals surface area (Å²) in [6.07, 6.45) is 4.35. The Labute approximate surface area is 138 Å². The highest BCUT2D eigenvalue weighted by molar-refractivity contribution is 7.11. The Morgan fingerprint density at radius 2 is 2.04 bits per heavy atom. The standard InChI is InChI=1S/C16H17N5OS/c1-11-19-20-14(23-11)7-8-18-16(22)13-5-3-12(4-6-13)15-17-9-10-21(15)2/h3-6,9-10H,7-8H2,1-2H3,(H,18,22). The summed E-state index contributed by atoms with van der Waals surface area (Å²) in [6, 6.07) is 7.44. The van der Waals surface area contributed by atoms with Gasteiger partial charge in [-0.1, -0.05) is 12.1 Å². The summed E-state index contributed by atoms with van der Waals surface area (Å²) in [4.78, 5) is 16.4. The zero-order chi connectivity index (χ0) is 16.2. The van der Waals surface area contributed by atoms with E-state index in [-0.39, 0.29) is 5.91 Å². The minimum Gasteiger partial charge on any atom is -0.352 e. The average molecular weight is 327 g/mol. The number of aryl methyl sites for hydroxylation is 2. The van der Waals surface area contributed by atoms with Crippen LogP contribution in [0.15, 0.2) is 36.7 Å². The second kappa shape index (κ2) is 6.70. The Hall–Kier alpha value is -2.54. The minimum atomic E-state index is -0.0855. The highest BCUT2D eigenvalue weighted by Crippen LogP contribution is 2.17. The molecule has 0 bridgehead atoms. The molecule has 2 heterocycles. The van der Waals surface area contributed by atoms with Gasteiger partial charge in [-0.15, -0.1) is 21.5 Å². The number of imidazole rings is 1. The first kappa shape index (κ1) is 15.4. The summed E-state index contributed by atoms with van der Waals surface area (Å²) < 4.78 is 1.94. The molecule has 0 spiro atoms. The Morgan fingerprint density at radius 1 is 1.26 bits per heavy atom. The normalized spacial score (nSPS) is 10.7. The zero-order valence-electron chi connectivity index (χ0n) is 13.0. The van der Waals surface area contributed by atoms with E-state index in [1.807, 2.05) is 49.0 Å². The summed E-state index contributed by atoms with van der Waals surface area (Å²) in [7, 11) is 1.94. The van der Waals surface area contributed by atoms with Gasteiger partial charge in [0.1, 0.15) is 15.8 Å². The lowest BCUT2D eigenvalue weighted by Crippen LogP contribution is -2.25. The Balaban J connectivity index is 1.58. The van der Waals surface area contributed by atoms with E-state index in [9.17, 15) is 4.79 Å². The molecule has 1 amide bonds. The fourth-order valence-electron chi connectivity index (χ4n) is 2.24. The van der Waals surface area contributed by atoms with Gasteiger partial charge < -0.3 is 9.88 Å². The highest BCUT2D eigenvalue weighted by Gasteiger charge is 2.08. The molecule has 0 saturated carbocycles. The van der Waals surface area contributed by atoms with Crippen molar-refractivity contribution >= 4 is 17.2 Å². The number of nitrogens with zero attached hydrogens (tertiary/aromatic N) is 4. The van der Waals surface area contributed by atoms with Crippen LogP contribution in [0.25, 0.3) is 11.4 Å². The van der Waals surface area contributed by atoms with E-state index in [0.29, 0.717) is 18.5 Å². The third-order valence-electron chi connectivity index (χ3n) is 3.42. The molecule has 23 heavy (non-hydrogen) atoms. The molecule has 0 unspecified atom stereocenters. The number of hydrogen-bond donors (Lipinski definition) is 1. The van der Waals surface area contributed by atoms with Gasteiger partial charge >= 0.3 is 0 Å². The lowest BCUT2D eigenvalue weighted by atomic mass is 10.1. The fourth-order valence-corrected chi connectivity index (χ4v) is 2.95. The van der Waals surface area contributed by atoms with Crippen LogP contribution in [-0.4, -0.2) is 32.2 Å². The molecule has 1 N–H and O–H groups in total. The number of benzene rings is 1. The van der Waals surface area contributed by atoms with E-state index in [1.54, 1.807) is 17.5 Å². The molecule has 0 aliphatic rings. The zero-order valence-corrected chi connectivity index (χ0v) is 13.8. The monoisotopic (exact) mass is 327 g/mol. The Kier molecular flexibility index (Phi) is 4.47. The average Bonchev–Trinajstić information content (AvgIpc) is 3.16. The molecule has 0 radical (unpaired) electrons. The summed E-state index contributed by atoms with van der Waals surface area (Å²) in [5, 5.41) is 12.8. The summed E-state index contributed by atoms with van der Waals surface area (Å²) >= 11 is 1.55. The van der Waals surface area contributed by atoms with Crippen LogP contribution >= 0.6 is 11.3 Å². The maximum atomic E-state index is 12.1. The van der Waals surface area contributed by atoms with Crippen molar-refractivity contribution in [2.75, 3.05) is 6.54 Å². The van der Waals surface area contributed by atoms with Crippen LogP contribution < -0.4 is 5.32 Å². The van der Waals surface area contributed by atoms with Gasteiger partial charge in [-0.05, 0) is 19.1 Å². The summed E-state index contributed by atoms with van der Waals surface area (Å²) in [6.45, 7) is 2.47. The number of carbonyl (C=O) groups is 1. The number of nitrogens with one attached hydrogen (secondary N) is 1. The molecule has 3 rings (SSSR count). The first-order chi connectivity index (χ1) is 11.1. The number of aromatic nitrogens is 4. The molecule has 0 atom stereocenters. The predicted octanol–water partition coefficient (Wildman–Crippen LogP) is 2.22. The van der Waals surface area contributed by atoms with Crippen molar-refractivity contribution in [3.8, 4) is 11.4 Å². The van der Waals surface area contributed by atoms with Crippen LogP contribution in [0.4, 0.5) is 0 Å². The molecule has 0 fully saturated rings. The first-order valence-corrected chi connectivity index (χ1v) is 8.10. The second-order valence-electron chi connectivity index (χ2n) is 5.16. The van der Waals surface area contributed by atoms with Gasteiger partial charge in [-0.25, -0.2) is 4.98 Å². The van der Waals surface area contributed by atoms with Crippen LogP contribution in [-0.2, 0) is 13.5 Å². The minimum absolute atomic E-state index is 0.0855. The number of amides is 1. The van der Waals surface area contributed by atoms with Crippen molar-refractivity contribution in [2.45, 2.75) is 13.3 Å². The second-order valence-corrected chi connectivity index (χ2v) is 6.43. The smallest absolute Gasteiger partial charge is 0.251 e. The summed E-state index contributed by atoms with van der Waals surface area (Å²) in [5.74, 6) is 0.793. The van der Waals surface area contributed by atoms with Crippen molar-refractivity contribution < 1.29 is 4.79 Å². The van der Waals surface area contributed by atoms with Gasteiger partial charge in [-0.3, -0.25) is 4.79 Å². The van der Waals surface area contributed by atoms with Crippen LogP contribution in [0.1, 0.15) is 20.4 Å². The molecule has 118 valence electrons. The summed E-state index contributed by atoms with van der Waals surface area (Å²) in [5.41, 5.74) is 1.62. The van der Waals surface area contributed by atoms with Gasteiger partial charge in [0.05, 0.1) is 0 Å². The van der Waals surface area contributed by atoms with E-state index in [1.165, 1.54) is 0 Å². The van der Waals surface area contributed by atoms with Crippen LogP contribution in [0.5, 0.6) is 0 Å². The van der Waals surface area contributed by atoms with E-state index in [2.05, 4.69) is 20.5 Å². The quantitative estimate of drug-likeness (QED) is 0.780. The molecule has 0 saturated heterocycles. The van der Waals surface area contributed by atoms with E-state index < -0.39 is 0 Å². The van der Waals surface area contributed by atoms with Gasteiger partial charge in [0.2, 0.25) is 0 Å². The van der Waals surface area contributed by atoms with E-state index >= 15 is 0 Å². The van der Waals surface area contributed by atoms with Crippen LogP contribution in [0, 0.1) is 6.92 Å². The number of hydrogen-bond acceptors (Lipinski definition) is 5. The Bertz CT molecular complexity index is 806. The van der Waals surface area contributed by atoms with Gasteiger partial charge in [0.25, 0.3) is 5.91 Å². The van der Waals surface area contributed by atoms with Crippen LogP contribution in [0.2, 0.25) is 0 Å². The van der Waals surface area contributed by atoms with Crippen LogP contribution in [0.3, 0.4) is 0 Å². The largest absolute Gasteiger partial charge is 0.352 e. The number of rotatable bonds is 5. The lowest BCUT2D eigenvalue weighted by Gasteiger charge is -2.06. The molecule has 2 aromatic heterocycles. The topological polar surface area (TPSA) is 72.7 Å². The maximum absolute atomic E-state index is 12.1. The maximum Gasteiger partial charge on any atom is 0.251 e. The fraction of sp³-hybridized carbons (Fsp3) is 0.250. The van der Waals surface area contributed by atoms with Gasteiger partial charge in [0.15, 0.2) is 0 Å². The molecule has 6 nitrogen and oxygen atoms in total. The molecule has 3 aromatic rings. The van der Waals surface area contributed by atoms with E-state index in [4.69, 9.17) is 0 Å². The third-order valence-corrected chi connectivity index (χ3v) is 4.32. The van der Waals surface area contributed by atoms with Gasteiger partial charge in [0, 0.05) is 43.5 Å². The van der Waals surface area contributed by atoms with Gasteiger partial charge in [-0.2, -0.15) is 0 Å². The third kappa shape index (κ3) is 3.62. The highest BCUT2D eigenvalue weighted by atomic mass is 32.1. The first-order valence-electron chi connectivity index (χ1n) is 7.28.